The molecule has 1 unspecified atom stereocenters. The van der Waals surface area contributed by atoms with Crippen LogP contribution in [0.2, 0.25) is 0 Å². The molecule has 0 radical (unpaired) electrons. The monoisotopic (exact) mass is 373 g/mol. The summed E-state index contributed by atoms with van der Waals surface area (Å²) in [4.78, 5) is 15.6. The topological polar surface area (TPSA) is 67.5 Å². The van der Waals surface area contributed by atoms with Crippen LogP contribution in [0.3, 0.4) is 0 Å². The molecule has 0 spiro atoms. The van der Waals surface area contributed by atoms with E-state index in [9.17, 15) is 4.79 Å². The molecule has 2 heterocycles. The van der Waals surface area contributed by atoms with Gasteiger partial charge in [0.2, 0.25) is 0 Å². The van der Waals surface area contributed by atoms with Crippen molar-refractivity contribution in [2.45, 2.75) is 34.1 Å². The van der Waals surface area contributed by atoms with Crippen LogP contribution in [0.25, 0.3) is 5.65 Å². The lowest BCUT2D eigenvalue weighted by Gasteiger charge is -2.13. The van der Waals surface area contributed by atoms with E-state index in [0.29, 0.717) is 6.42 Å². The number of hydrogen-bond donors (Lipinski definition) is 1. The number of nitrogens with zero attached hydrogens (tertiary/aromatic N) is 3. The number of rotatable bonds is 3. The highest BCUT2D eigenvalue weighted by Crippen LogP contribution is 2.22. The SMILES string of the molecule is Cc1nc2c(I)c(C)nn2c(C)c1CC(C)C(=O)O. The molecule has 0 aliphatic heterocycles. The summed E-state index contributed by atoms with van der Waals surface area (Å²) in [6, 6.07) is 0. The van der Waals surface area contributed by atoms with Crippen molar-refractivity contribution < 1.29 is 9.90 Å². The predicted octanol–water partition coefficient (Wildman–Crippen LogP) is 2.52. The zero-order valence-corrected chi connectivity index (χ0v) is 13.5. The van der Waals surface area contributed by atoms with Crippen molar-refractivity contribution in [3.63, 3.8) is 0 Å². The normalized spacial score (nSPS) is 12.9. The average Bonchev–Trinajstić information content (AvgIpc) is 2.62. The van der Waals surface area contributed by atoms with Gasteiger partial charge in [-0.2, -0.15) is 5.10 Å². The zero-order valence-electron chi connectivity index (χ0n) is 11.4. The molecule has 0 aliphatic carbocycles. The second-order valence-corrected chi connectivity index (χ2v) is 5.92. The van der Waals surface area contributed by atoms with Crippen molar-refractivity contribution in [1.29, 1.82) is 0 Å². The molecule has 1 N–H and O–H groups in total. The first-order valence-electron chi connectivity index (χ1n) is 6.06. The number of fused-ring (bicyclic) bond motifs is 1. The van der Waals surface area contributed by atoms with Gasteiger partial charge in [0.15, 0.2) is 5.65 Å². The Morgan fingerprint density at radius 1 is 1.37 bits per heavy atom. The number of carboxylic acid groups (broad SMARTS) is 1. The van der Waals surface area contributed by atoms with E-state index < -0.39 is 11.9 Å². The van der Waals surface area contributed by atoms with Gasteiger partial charge in [0, 0.05) is 11.4 Å². The highest BCUT2D eigenvalue weighted by molar-refractivity contribution is 14.1. The van der Waals surface area contributed by atoms with E-state index in [1.807, 2.05) is 25.3 Å². The van der Waals surface area contributed by atoms with Crippen LogP contribution in [-0.2, 0) is 11.2 Å². The van der Waals surface area contributed by atoms with E-state index in [0.717, 1.165) is 31.9 Å². The van der Waals surface area contributed by atoms with Crippen LogP contribution >= 0.6 is 22.6 Å². The van der Waals surface area contributed by atoms with Crippen molar-refractivity contribution in [1.82, 2.24) is 14.6 Å². The predicted molar refractivity (Wildman–Crippen MR) is 80.4 cm³/mol. The first-order chi connectivity index (χ1) is 8.82. The van der Waals surface area contributed by atoms with Crippen LogP contribution in [0.4, 0.5) is 0 Å². The van der Waals surface area contributed by atoms with Crippen LogP contribution in [0.5, 0.6) is 0 Å². The number of carboxylic acids is 1. The van der Waals surface area contributed by atoms with Gasteiger partial charge in [0.25, 0.3) is 0 Å². The molecule has 0 saturated heterocycles. The van der Waals surface area contributed by atoms with Crippen molar-refractivity contribution in [2.24, 2.45) is 5.92 Å². The molecule has 1 atom stereocenters. The third kappa shape index (κ3) is 2.45. The maximum absolute atomic E-state index is 11.0. The zero-order chi connectivity index (χ0) is 14.3. The lowest BCUT2D eigenvalue weighted by Crippen LogP contribution is -2.16. The molecule has 0 amide bonds. The number of aromatic nitrogens is 3. The van der Waals surface area contributed by atoms with Gasteiger partial charge in [-0.1, -0.05) is 6.92 Å². The summed E-state index contributed by atoms with van der Waals surface area (Å²) < 4.78 is 2.86. The van der Waals surface area contributed by atoms with Crippen molar-refractivity contribution in [2.75, 3.05) is 0 Å². The van der Waals surface area contributed by atoms with Crippen LogP contribution in [0.15, 0.2) is 0 Å². The minimum atomic E-state index is -0.787. The molecule has 5 nitrogen and oxygen atoms in total. The molecule has 0 fully saturated rings. The minimum Gasteiger partial charge on any atom is -0.481 e. The van der Waals surface area contributed by atoms with Gasteiger partial charge in [-0.3, -0.25) is 4.79 Å². The van der Waals surface area contributed by atoms with E-state index in [2.05, 4.69) is 32.7 Å². The standard InChI is InChI=1S/C13H16IN3O2/c1-6(13(18)19)5-10-7(2)15-12-11(14)8(3)16-17(12)9(10)4/h6H,5H2,1-4H3,(H,18,19). The van der Waals surface area contributed by atoms with Crippen LogP contribution in [0.1, 0.15) is 29.6 Å². The summed E-state index contributed by atoms with van der Waals surface area (Å²) in [6.07, 6.45) is 0.478. The second kappa shape index (κ2) is 5.07. The molecule has 0 saturated carbocycles. The van der Waals surface area contributed by atoms with Gasteiger partial charge in [-0.25, -0.2) is 9.50 Å². The molecule has 19 heavy (non-hydrogen) atoms. The summed E-state index contributed by atoms with van der Waals surface area (Å²) in [7, 11) is 0. The summed E-state index contributed by atoms with van der Waals surface area (Å²) in [5.74, 6) is -1.21. The number of aryl methyl sites for hydroxylation is 3. The fourth-order valence-corrected chi connectivity index (χ4v) is 2.59. The van der Waals surface area contributed by atoms with E-state index in [1.165, 1.54) is 0 Å². The Morgan fingerprint density at radius 3 is 2.58 bits per heavy atom. The van der Waals surface area contributed by atoms with E-state index in [4.69, 9.17) is 5.11 Å². The molecular formula is C13H16IN3O2. The molecule has 0 aliphatic rings. The highest BCUT2D eigenvalue weighted by Gasteiger charge is 2.19. The molecule has 0 bridgehead atoms. The van der Waals surface area contributed by atoms with Crippen molar-refractivity contribution in [3.8, 4) is 0 Å². The Kier molecular flexibility index (Phi) is 3.80. The molecule has 0 aromatic carbocycles. The first kappa shape index (κ1) is 14.2. The Bertz CT molecular complexity index is 664. The third-order valence-corrected chi connectivity index (χ3v) is 4.62. The Hall–Kier alpha value is -1.18. The Balaban J connectivity index is 2.60. The fraction of sp³-hybridized carbons (Fsp3) is 0.462. The Labute approximate surface area is 125 Å². The molecular weight excluding hydrogens is 357 g/mol. The van der Waals surface area contributed by atoms with Crippen molar-refractivity contribution in [3.05, 3.63) is 26.2 Å². The van der Waals surface area contributed by atoms with Gasteiger partial charge >= 0.3 is 5.97 Å². The first-order valence-corrected chi connectivity index (χ1v) is 7.14. The molecule has 6 heteroatoms. The lowest BCUT2D eigenvalue weighted by molar-refractivity contribution is -0.141. The molecule has 2 rings (SSSR count). The maximum atomic E-state index is 11.0. The highest BCUT2D eigenvalue weighted by atomic mass is 127. The molecule has 102 valence electrons. The average molecular weight is 373 g/mol. The maximum Gasteiger partial charge on any atom is 0.306 e. The van der Waals surface area contributed by atoms with E-state index in [1.54, 1.807) is 6.92 Å². The van der Waals surface area contributed by atoms with E-state index >= 15 is 0 Å². The minimum absolute atomic E-state index is 0.424. The van der Waals surface area contributed by atoms with Crippen LogP contribution in [-0.4, -0.2) is 25.7 Å². The van der Waals surface area contributed by atoms with Crippen molar-refractivity contribution >= 4 is 34.2 Å². The second-order valence-electron chi connectivity index (χ2n) is 4.84. The fourth-order valence-electron chi connectivity index (χ4n) is 2.13. The summed E-state index contributed by atoms with van der Waals surface area (Å²) in [5.41, 5.74) is 4.62. The lowest BCUT2D eigenvalue weighted by atomic mass is 9.99. The number of hydrogen-bond acceptors (Lipinski definition) is 3. The number of carbonyl (C=O) groups is 1. The molecule has 2 aromatic heterocycles. The quantitative estimate of drug-likeness (QED) is 0.840. The van der Waals surface area contributed by atoms with E-state index in [-0.39, 0.29) is 0 Å². The number of aliphatic carboxylic acids is 1. The van der Waals surface area contributed by atoms with Crippen LogP contribution in [0, 0.1) is 30.3 Å². The van der Waals surface area contributed by atoms with Gasteiger partial charge in [0.05, 0.1) is 15.2 Å². The van der Waals surface area contributed by atoms with Gasteiger partial charge in [-0.15, -0.1) is 0 Å². The molecule has 2 aromatic rings. The third-order valence-electron chi connectivity index (χ3n) is 3.36. The summed E-state index contributed by atoms with van der Waals surface area (Å²) in [6.45, 7) is 7.55. The smallest absolute Gasteiger partial charge is 0.306 e. The van der Waals surface area contributed by atoms with Gasteiger partial charge in [0.1, 0.15) is 0 Å². The van der Waals surface area contributed by atoms with Gasteiger partial charge < -0.3 is 5.11 Å². The number of halogens is 1. The van der Waals surface area contributed by atoms with Crippen LogP contribution < -0.4 is 0 Å². The summed E-state index contributed by atoms with van der Waals surface area (Å²) >= 11 is 2.24. The Morgan fingerprint density at radius 2 is 2.00 bits per heavy atom. The van der Waals surface area contributed by atoms with Gasteiger partial charge in [-0.05, 0) is 55.3 Å². The summed E-state index contributed by atoms with van der Waals surface area (Å²) in [5, 5.41) is 13.5. The largest absolute Gasteiger partial charge is 0.481 e.